The fraction of sp³-hybridized carbons (Fsp3) is 0.474. The molecule has 1 fully saturated rings. The van der Waals surface area contributed by atoms with E-state index in [0.29, 0.717) is 19.6 Å². The van der Waals surface area contributed by atoms with Crippen LogP contribution in [0.4, 0.5) is 0 Å². The van der Waals surface area contributed by atoms with Crippen molar-refractivity contribution in [1.82, 2.24) is 20.0 Å². The second-order valence-electron chi connectivity index (χ2n) is 6.58. The van der Waals surface area contributed by atoms with Gasteiger partial charge in [0, 0.05) is 44.4 Å². The van der Waals surface area contributed by atoms with Crippen LogP contribution >= 0.6 is 0 Å². The summed E-state index contributed by atoms with van der Waals surface area (Å²) >= 11 is 0. The van der Waals surface area contributed by atoms with E-state index in [1.807, 2.05) is 60.9 Å². The fourth-order valence-electron chi connectivity index (χ4n) is 3.60. The SMILES string of the molecule is Cc1nn(C)c(C)c1[C@H]1[C@H](NCCOc2ccccc2)CC(=O)N1C. The average Bonchev–Trinajstić information content (AvgIpc) is 3.01. The molecular formula is C19H26N4O2. The van der Waals surface area contributed by atoms with E-state index in [-0.39, 0.29) is 18.0 Å². The molecule has 0 spiro atoms. The third-order valence-corrected chi connectivity index (χ3v) is 4.97. The van der Waals surface area contributed by atoms with Crippen LogP contribution in [0.5, 0.6) is 5.75 Å². The summed E-state index contributed by atoms with van der Waals surface area (Å²) in [5.74, 6) is 1.02. The highest BCUT2D eigenvalue weighted by molar-refractivity contribution is 5.80. The summed E-state index contributed by atoms with van der Waals surface area (Å²) in [4.78, 5) is 14.1. The number of nitrogens with one attached hydrogen (secondary N) is 1. The minimum Gasteiger partial charge on any atom is -0.492 e. The Kier molecular flexibility index (Phi) is 5.08. The van der Waals surface area contributed by atoms with Crippen LogP contribution in [0, 0.1) is 13.8 Å². The predicted molar refractivity (Wildman–Crippen MR) is 96.5 cm³/mol. The number of para-hydroxylation sites is 1. The summed E-state index contributed by atoms with van der Waals surface area (Å²) in [6.45, 7) is 5.32. The minimum absolute atomic E-state index is 0.0120. The molecule has 0 unspecified atom stereocenters. The first-order chi connectivity index (χ1) is 12.0. The normalized spacial score (nSPS) is 20.3. The Morgan fingerprint density at radius 3 is 2.60 bits per heavy atom. The van der Waals surface area contributed by atoms with Crippen LogP contribution in [0.1, 0.15) is 29.4 Å². The number of benzene rings is 1. The van der Waals surface area contributed by atoms with E-state index in [0.717, 1.165) is 22.7 Å². The number of nitrogens with zero attached hydrogens (tertiary/aromatic N) is 3. The lowest BCUT2D eigenvalue weighted by Gasteiger charge is -2.26. The molecule has 1 aliphatic rings. The number of aryl methyl sites for hydroxylation is 2. The zero-order valence-electron chi connectivity index (χ0n) is 15.3. The first-order valence-electron chi connectivity index (χ1n) is 8.66. The zero-order chi connectivity index (χ0) is 18.0. The largest absolute Gasteiger partial charge is 0.492 e. The Hall–Kier alpha value is -2.34. The molecule has 2 atom stereocenters. The van der Waals surface area contributed by atoms with E-state index in [2.05, 4.69) is 17.3 Å². The molecule has 0 bridgehead atoms. The van der Waals surface area contributed by atoms with Crippen LogP contribution in [-0.2, 0) is 11.8 Å². The third-order valence-electron chi connectivity index (χ3n) is 4.97. The van der Waals surface area contributed by atoms with Crippen molar-refractivity contribution < 1.29 is 9.53 Å². The van der Waals surface area contributed by atoms with Gasteiger partial charge >= 0.3 is 0 Å². The van der Waals surface area contributed by atoms with E-state index in [4.69, 9.17) is 4.74 Å². The Balaban J connectivity index is 1.66. The summed E-state index contributed by atoms with van der Waals surface area (Å²) in [7, 11) is 3.82. The van der Waals surface area contributed by atoms with Gasteiger partial charge in [0.05, 0.1) is 11.7 Å². The van der Waals surface area contributed by atoms with Crippen molar-refractivity contribution in [2.45, 2.75) is 32.4 Å². The van der Waals surface area contributed by atoms with Gasteiger partial charge in [0.15, 0.2) is 0 Å². The predicted octanol–water partition coefficient (Wildman–Crippen LogP) is 1.98. The molecule has 2 aromatic rings. The Morgan fingerprint density at radius 1 is 1.24 bits per heavy atom. The standard InChI is InChI=1S/C19H26N4O2/c1-13-18(14(2)23(4)21-13)19-16(12-17(24)22(19)3)20-10-11-25-15-8-6-5-7-9-15/h5-9,16,19-20H,10-12H2,1-4H3/t16-,19-/m1/s1. The van der Waals surface area contributed by atoms with E-state index in [1.54, 1.807) is 0 Å². The fourth-order valence-corrected chi connectivity index (χ4v) is 3.60. The van der Waals surface area contributed by atoms with Gasteiger partial charge in [-0.3, -0.25) is 9.48 Å². The lowest BCUT2D eigenvalue weighted by molar-refractivity contribution is -0.127. The number of likely N-dealkylation sites (tertiary alicyclic amines) is 1. The van der Waals surface area contributed by atoms with Crippen molar-refractivity contribution in [3.05, 3.63) is 47.3 Å². The second kappa shape index (κ2) is 7.27. The number of ether oxygens (including phenoxy) is 1. The highest BCUT2D eigenvalue weighted by atomic mass is 16.5. The lowest BCUT2D eigenvalue weighted by Crippen LogP contribution is -2.37. The summed E-state index contributed by atoms with van der Waals surface area (Å²) in [6.07, 6.45) is 0.500. The van der Waals surface area contributed by atoms with Gasteiger partial charge in [0.25, 0.3) is 0 Å². The molecule has 25 heavy (non-hydrogen) atoms. The molecule has 134 valence electrons. The van der Waals surface area contributed by atoms with Crippen LogP contribution in [0.3, 0.4) is 0 Å². The summed E-state index contributed by atoms with van der Waals surface area (Å²) in [5, 5.41) is 8.01. The molecule has 2 heterocycles. The van der Waals surface area contributed by atoms with Crippen LogP contribution in [0.25, 0.3) is 0 Å². The van der Waals surface area contributed by atoms with Gasteiger partial charge in [-0.2, -0.15) is 5.10 Å². The first-order valence-corrected chi connectivity index (χ1v) is 8.66. The number of rotatable bonds is 6. The Morgan fingerprint density at radius 2 is 1.96 bits per heavy atom. The maximum absolute atomic E-state index is 12.3. The number of hydrogen-bond acceptors (Lipinski definition) is 4. The van der Waals surface area contributed by atoms with Gasteiger partial charge in [0.1, 0.15) is 12.4 Å². The molecule has 1 aliphatic heterocycles. The highest BCUT2D eigenvalue weighted by Crippen LogP contribution is 2.35. The number of hydrogen-bond donors (Lipinski definition) is 1. The summed E-state index contributed by atoms with van der Waals surface area (Å²) < 4.78 is 7.62. The molecule has 1 aromatic heterocycles. The Labute approximate surface area is 148 Å². The lowest BCUT2D eigenvalue weighted by atomic mass is 9.98. The van der Waals surface area contributed by atoms with Gasteiger partial charge in [-0.1, -0.05) is 18.2 Å². The molecule has 1 saturated heterocycles. The number of carbonyl (C=O) groups excluding carboxylic acids is 1. The van der Waals surface area contributed by atoms with E-state index in [1.165, 1.54) is 0 Å². The molecule has 0 aliphatic carbocycles. The molecule has 0 radical (unpaired) electrons. The van der Waals surface area contributed by atoms with Gasteiger partial charge in [0.2, 0.25) is 5.91 Å². The molecule has 1 aromatic carbocycles. The van der Waals surface area contributed by atoms with Crippen molar-refractivity contribution in [3.8, 4) is 5.75 Å². The van der Waals surface area contributed by atoms with Gasteiger partial charge in [-0.15, -0.1) is 0 Å². The maximum Gasteiger partial charge on any atom is 0.224 e. The van der Waals surface area contributed by atoms with Crippen LogP contribution in [0.15, 0.2) is 30.3 Å². The van der Waals surface area contributed by atoms with Crippen LogP contribution < -0.4 is 10.1 Å². The minimum atomic E-state index is 0.0120. The van der Waals surface area contributed by atoms with E-state index in [9.17, 15) is 4.79 Å². The smallest absolute Gasteiger partial charge is 0.224 e. The number of likely N-dealkylation sites (N-methyl/N-ethyl adjacent to an activating group) is 1. The van der Waals surface area contributed by atoms with Crippen molar-refractivity contribution in [2.75, 3.05) is 20.2 Å². The van der Waals surface area contributed by atoms with Gasteiger partial charge in [-0.25, -0.2) is 0 Å². The van der Waals surface area contributed by atoms with Crippen molar-refractivity contribution in [2.24, 2.45) is 7.05 Å². The average molecular weight is 342 g/mol. The third kappa shape index (κ3) is 3.54. The second-order valence-corrected chi connectivity index (χ2v) is 6.58. The quantitative estimate of drug-likeness (QED) is 0.816. The van der Waals surface area contributed by atoms with Crippen molar-refractivity contribution >= 4 is 5.91 Å². The van der Waals surface area contributed by atoms with Crippen LogP contribution in [-0.4, -0.2) is 46.8 Å². The van der Waals surface area contributed by atoms with E-state index >= 15 is 0 Å². The van der Waals surface area contributed by atoms with Crippen LogP contribution in [0.2, 0.25) is 0 Å². The number of amides is 1. The molecule has 3 rings (SSSR count). The highest BCUT2D eigenvalue weighted by Gasteiger charge is 2.40. The molecule has 1 N–H and O–H groups in total. The van der Waals surface area contributed by atoms with Gasteiger partial charge in [-0.05, 0) is 26.0 Å². The molecule has 1 amide bonds. The molecular weight excluding hydrogens is 316 g/mol. The van der Waals surface area contributed by atoms with Crippen molar-refractivity contribution in [1.29, 1.82) is 0 Å². The number of carbonyl (C=O) groups is 1. The molecule has 0 saturated carbocycles. The monoisotopic (exact) mass is 342 g/mol. The number of aromatic nitrogens is 2. The van der Waals surface area contributed by atoms with E-state index < -0.39 is 0 Å². The molecule has 6 nitrogen and oxygen atoms in total. The van der Waals surface area contributed by atoms with Gasteiger partial charge < -0.3 is 15.0 Å². The zero-order valence-corrected chi connectivity index (χ0v) is 15.3. The first kappa shape index (κ1) is 17.5. The molecule has 6 heteroatoms. The summed E-state index contributed by atoms with van der Waals surface area (Å²) in [5.41, 5.74) is 3.24. The van der Waals surface area contributed by atoms with Crippen molar-refractivity contribution in [3.63, 3.8) is 0 Å². The maximum atomic E-state index is 12.3. The Bertz CT molecular complexity index is 741. The topological polar surface area (TPSA) is 59.4 Å². The summed E-state index contributed by atoms with van der Waals surface area (Å²) in [6, 6.07) is 9.84.